The van der Waals surface area contributed by atoms with E-state index in [1.807, 2.05) is 13.8 Å². The molecular formula is C17H19N5O2. The fourth-order valence-corrected chi connectivity index (χ4v) is 3.08. The SMILES string of the molecule is CC1(C)C(=O)Nc2ccc(C(=O)Nc3n[nH]c(C4CCC4)n3)cc21. The first-order valence-corrected chi connectivity index (χ1v) is 8.15. The molecule has 4 rings (SSSR count). The number of amides is 2. The van der Waals surface area contributed by atoms with Crippen LogP contribution in [0.1, 0.15) is 60.8 Å². The van der Waals surface area contributed by atoms with Gasteiger partial charge in [0.1, 0.15) is 5.82 Å². The lowest BCUT2D eigenvalue weighted by Crippen LogP contribution is -2.27. The van der Waals surface area contributed by atoms with Gasteiger partial charge in [0.05, 0.1) is 5.41 Å². The van der Waals surface area contributed by atoms with E-state index in [4.69, 9.17) is 0 Å². The van der Waals surface area contributed by atoms with E-state index in [-0.39, 0.29) is 17.8 Å². The number of nitrogens with one attached hydrogen (secondary N) is 3. The van der Waals surface area contributed by atoms with Crippen molar-refractivity contribution in [3.05, 3.63) is 35.2 Å². The number of aromatic amines is 1. The third-order valence-electron chi connectivity index (χ3n) is 4.99. The lowest BCUT2D eigenvalue weighted by atomic mass is 9.85. The quantitative estimate of drug-likeness (QED) is 0.807. The Morgan fingerprint density at radius 1 is 1.33 bits per heavy atom. The number of fused-ring (bicyclic) bond motifs is 1. The van der Waals surface area contributed by atoms with E-state index >= 15 is 0 Å². The van der Waals surface area contributed by atoms with Crippen LogP contribution in [0, 0.1) is 0 Å². The van der Waals surface area contributed by atoms with Crippen LogP contribution in [0.15, 0.2) is 18.2 Å². The largest absolute Gasteiger partial charge is 0.325 e. The smallest absolute Gasteiger partial charge is 0.258 e. The van der Waals surface area contributed by atoms with Crippen LogP contribution in [0.3, 0.4) is 0 Å². The Hall–Kier alpha value is -2.70. The first-order valence-electron chi connectivity index (χ1n) is 8.15. The van der Waals surface area contributed by atoms with Gasteiger partial charge in [-0.15, -0.1) is 5.10 Å². The number of carbonyl (C=O) groups is 2. The zero-order valence-corrected chi connectivity index (χ0v) is 13.6. The number of anilines is 2. The van der Waals surface area contributed by atoms with Gasteiger partial charge in [-0.05, 0) is 50.5 Å². The Balaban J connectivity index is 1.54. The molecular weight excluding hydrogens is 306 g/mol. The summed E-state index contributed by atoms with van der Waals surface area (Å²) in [5.74, 6) is 1.21. The third-order valence-corrected chi connectivity index (χ3v) is 4.99. The average molecular weight is 325 g/mol. The van der Waals surface area contributed by atoms with Crippen molar-refractivity contribution in [3.63, 3.8) is 0 Å². The summed E-state index contributed by atoms with van der Waals surface area (Å²) < 4.78 is 0. The summed E-state index contributed by atoms with van der Waals surface area (Å²) in [5.41, 5.74) is 1.42. The maximum Gasteiger partial charge on any atom is 0.258 e. The molecule has 0 radical (unpaired) electrons. The van der Waals surface area contributed by atoms with Gasteiger partial charge >= 0.3 is 0 Å². The number of H-pyrrole nitrogens is 1. The van der Waals surface area contributed by atoms with Crippen molar-refractivity contribution in [2.24, 2.45) is 0 Å². The molecule has 2 heterocycles. The summed E-state index contributed by atoms with van der Waals surface area (Å²) >= 11 is 0. The molecule has 2 aliphatic rings. The van der Waals surface area contributed by atoms with E-state index in [0.717, 1.165) is 29.9 Å². The Morgan fingerprint density at radius 3 is 2.83 bits per heavy atom. The monoisotopic (exact) mass is 325 g/mol. The topological polar surface area (TPSA) is 99.8 Å². The molecule has 2 aromatic rings. The highest BCUT2D eigenvalue weighted by Gasteiger charge is 2.38. The minimum atomic E-state index is -0.645. The lowest BCUT2D eigenvalue weighted by Gasteiger charge is -2.22. The summed E-state index contributed by atoms with van der Waals surface area (Å²) in [7, 11) is 0. The van der Waals surface area contributed by atoms with Gasteiger partial charge in [0, 0.05) is 17.2 Å². The molecule has 1 fully saturated rings. The van der Waals surface area contributed by atoms with Gasteiger partial charge in [-0.3, -0.25) is 20.0 Å². The van der Waals surface area contributed by atoms with Crippen molar-refractivity contribution in [3.8, 4) is 0 Å². The Morgan fingerprint density at radius 2 is 2.12 bits per heavy atom. The molecule has 1 aromatic carbocycles. The molecule has 24 heavy (non-hydrogen) atoms. The number of benzene rings is 1. The van der Waals surface area contributed by atoms with Crippen LogP contribution in [0.4, 0.5) is 11.6 Å². The maximum atomic E-state index is 12.5. The van der Waals surface area contributed by atoms with Gasteiger partial charge in [-0.2, -0.15) is 4.98 Å². The molecule has 3 N–H and O–H groups in total. The van der Waals surface area contributed by atoms with Crippen LogP contribution in [0.25, 0.3) is 0 Å². The Labute approximate surface area is 139 Å². The predicted molar refractivity (Wildman–Crippen MR) is 89.0 cm³/mol. The fourth-order valence-electron chi connectivity index (χ4n) is 3.08. The maximum absolute atomic E-state index is 12.5. The molecule has 0 bridgehead atoms. The van der Waals surface area contributed by atoms with Gasteiger partial charge < -0.3 is 5.32 Å². The third kappa shape index (κ3) is 2.28. The minimum absolute atomic E-state index is 0.0610. The summed E-state index contributed by atoms with van der Waals surface area (Å²) in [6, 6.07) is 5.20. The predicted octanol–water partition coefficient (Wildman–Crippen LogP) is 2.55. The van der Waals surface area contributed by atoms with Crippen LogP contribution in [0.5, 0.6) is 0 Å². The Kier molecular flexibility index (Phi) is 3.19. The highest BCUT2D eigenvalue weighted by molar-refractivity contribution is 6.08. The van der Waals surface area contributed by atoms with Gasteiger partial charge in [-0.25, -0.2) is 0 Å². The summed E-state index contributed by atoms with van der Waals surface area (Å²) in [6.45, 7) is 3.69. The molecule has 0 saturated heterocycles. The number of aromatic nitrogens is 3. The fraction of sp³-hybridized carbons (Fsp3) is 0.412. The summed E-state index contributed by atoms with van der Waals surface area (Å²) in [5, 5.41) is 12.5. The van der Waals surface area contributed by atoms with E-state index in [0.29, 0.717) is 11.5 Å². The van der Waals surface area contributed by atoms with Crippen molar-refractivity contribution in [2.45, 2.75) is 44.4 Å². The molecule has 1 saturated carbocycles. The van der Waals surface area contributed by atoms with E-state index in [1.54, 1.807) is 18.2 Å². The highest BCUT2D eigenvalue weighted by atomic mass is 16.2. The van der Waals surface area contributed by atoms with Crippen molar-refractivity contribution in [2.75, 3.05) is 10.6 Å². The van der Waals surface area contributed by atoms with E-state index in [2.05, 4.69) is 25.8 Å². The number of hydrogen-bond donors (Lipinski definition) is 3. The zero-order chi connectivity index (χ0) is 16.9. The van der Waals surface area contributed by atoms with Crippen LogP contribution in [-0.4, -0.2) is 27.0 Å². The molecule has 7 heteroatoms. The molecule has 0 atom stereocenters. The zero-order valence-electron chi connectivity index (χ0n) is 13.6. The molecule has 0 spiro atoms. The molecule has 1 aliphatic heterocycles. The molecule has 2 amide bonds. The Bertz CT molecular complexity index is 835. The lowest BCUT2D eigenvalue weighted by molar-refractivity contribution is -0.119. The average Bonchev–Trinajstić information content (AvgIpc) is 3.01. The number of carbonyl (C=O) groups excluding carboxylic acids is 2. The van der Waals surface area contributed by atoms with Crippen molar-refractivity contribution < 1.29 is 9.59 Å². The van der Waals surface area contributed by atoms with Crippen molar-refractivity contribution in [1.29, 1.82) is 0 Å². The minimum Gasteiger partial charge on any atom is -0.325 e. The number of nitrogens with zero attached hydrogens (tertiary/aromatic N) is 2. The second-order valence-electron chi connectivity index (χ2n) is 6.97. The van der Waals surface area contributed by atoms with Crippen LogP contribution in [0.2, 0.25) is 0 Å². The molecule has 1 aromatic heterocycles. The second kappa shape index (κ2) is 5.15. The van der Waals surface area contributed by atoms with Crippen molar-refractivity contribution in [1.82, 2.24) is 15.2 Å². The van der Waals surface area contributed by atoms with Gasteiger partial charge in [0.2, 0.25) is 11.9 Å². The number of hydrogen-bond acceptors (Lipinski definition) is 4. The highest BCUT2D eigenvalue weighted by Crippen LogP contribution is 2.38. The van der Waals surface area contributed by atoms with E-state index in [1.165, 1.54) is 6.42 Å². The number of rotatable bonds is 3. The summed E-state index contributed by atoms with van der Waals surface area (Å²) in [6.07, 6.45) is 3.44. The standard InChI is InChI=1S/C17H19N5O2/c1-17(2)11-8-10(6-7-12(11)18-15(17)24)14(23)20-16-19-13(21-22-16)9-4-3-5-9/h6-9H,3-5H2,1-2H3,(H,18,24)(H2,19,20,21,22,23). The first-order chi connectivity index (χ1) is 11.4. The normalized spacial score (nSPS) is 18.7. The van der Waals surface area contributed by atoms with Crippen LogP contribution >= 0.6 is 0 Å². The van der Waals surface area contributed by atoms with Crippen LogP contribution < -0.4 is 10.6 Å². The summed E-state index contributed by atoms with van der Waals surface area (Å²) in [4.78, 5) is 28.8. The molecule has 0 unspecified atom stereocenters. The van der Waals surface area contributed by atoms with Crippen molar-refractivity contribution >= 4 is 23.5 Å². The first kappa shape index (κ1) is 14.9. The van der Waals surface area contributed by atoms with E-state index in [9.17, 15) is 9.59 Å². The molecule has 124 valence electrons. The van der Waals surface area contributed by atoms with E-state index < -0.39 is 5.41 Å². The van der Waals surface area contributed by atoms with Crippen LogP contribution in [-0.2, 0) is 10.2 Å². The van der Waals surface area contributed by atoms with Gasteiger partial charge in [-0.1, -0.05) is 6.42 Å². The van der Waals surface area contributed by atoms with Gasteiger partial charge in [0.25, 0.3) is 5.91 Å². The molecule has 7 nitrogen and oxygen atoms in total. The molecule has 1 aliphatic carbocycles. The van der Waals surface area contributed by atoms with Gasteiger partial charge in [0.15, 0.2) is 0 Å². The second-order valence-corrected chi connectivity index (χ2v) is 6.97.